The van der Waals surface area contributed by atoms with E-state index in [1.54, 1.807) is 38.1 Å². The van der Waals surface area contributed by atoms with Gasteiger partial charge in [-0.2, -0.15) is 0 Å². The smallest absolute Gasteiger partial charge is 0.287 e. The van der Waals surface area contributed by atoms with Crippen molar-refractivity contribution >= 4 is 11.8 Å². The zero-order valence-electron chi connectivity index (χ0n) is 14.7. The first-order valence-electron chi connectivity index (χ1n) is 8.28. The molecule has 6 heteroatoms. The molecule has 2 amide bonds. The fourth-order valence-electron chi connectivity index (χ4n) is 2.43. The lowest BCUT2D eigenvalue weighted by atomic mass is 10.1. The van der Waals surface area contributed by atoms with Crippen LogP contribution >= 0.6 is 0 Å². The van der Waals surface area contributed by atoms with Gasteiger partial charge in [-0.15, -0.1) is 0 Å². The van der Waals surface area contributed by atoms with Gasteiger partial charge in [-0.25, -0.2) is 0 Å². The Labute approximate surface area is 151 Å². The van der Waals surface area contributed by atoms with Gasteiger partial charge in [-0.05, 0) is 49.2 Å². The van der Waals surface area contributed by atoms with Crippen molar-refractivity contribution in [2.45, 2.75) is 26.9 Å². The van der Waals surface area contributed by atoms with Crippen LogP contribution in [0, 0.1) is 13.8 Å². The standard InChI is InChI=1S/C20H20N2O4/c1-13-3-9-17(25-13)19(23)21-11-15-5-7-16(8-6-15)12-22-20(24)18-10-4-14(2)26-18/h3-10H,11-12H2,1-2H3,(H,21,23)(H,22,24). The Kier molecular flexibility index (Phi) is 5.22. The number of carbonyl (C=O) groups is 2. The van der Waals surface area contributed by atoms with E-state index in [-0.39, 0.29) is 11.8 Å². The Morgan fingerprint density at radius 3 is 1.38 bits per heavy atom. The maximum Gasteiger partial charge on any atom is 0.287 e. The van der Waals surface area contributed by atoms with Gasteiger partial charge in [0.25, 0.3) is 11.8 Å². The topological polar surface area (TPSA) is 84.5 Å². The highest BCUT2D eigenvalue weighted by atomic mass is 16.4. The summed E-state index contributed by atoms with van der Waals surface area (Å²) in [6.45, 7) is 4.39. The maximum atomic E-state index is 12.0. The third kappa shape index (κ3) is 4.42. The zero-order valence-corrected chi connectivity index (χ0v) is 14.7. The Morgan fingerprint density at radius 2 is 1.08 bits per heavy atom. The molecule has 3 rings (SSSR count). The molecule has 0 fully saturated rings. The van der Waals surface area contributed by atoms with E-state index in [1.807, 2.05) is 24.3 Å². The van der Waals surface area contributed by atoms with Gasteiger partial charge in [0.2, 0.25) is 0 Å². The second-order valence-electron chi connectivity index (χ2n) is 6.00. The van der Waals surface area contributed by atoms with Crippen LogP contribution in [0.2, 0.25) is 0 Å². The SMILES string of the molecule is Cc1ccc(C(=O)NCc2ccc(CNC(=O)c3ccc(C)o3)cc2)o1. The molecule has 2 aromatic heterocycles. The minimum atomic E-state index is -0.247. The van der Waals surface area contributed by atoms with Crippen LogP contribution in [-0.4, -0.2) is 11.8 Å². The van der Waals surface area contributed by atoms with Crippen molar-refractivity contribution in [1.29, 1.82) is 0 Å². The molecule has 1 aromatic carbocycles. The minimum absolute atomic E-state index is 0.247. The average Bonchev–Trinajstić information content (AvgIpc) is 3.27. The summed E-state index contributed by atoms with van der Waals surface area (Å²) in [4.78, 5) is 23.9. The Hall–Kier alpha value is -3.28. The largest absolute Gasteiger partial charge is 0.456 e. The number of furan rings is 2. The predicted molar refractivity (Wildman–Crippen MR) is 95.7 cm³/mol. The summed E-state index contributed by atoms with van der Waals surface area (Å²) in [7, 11) is 0. The average molecular weight is 352 g/mol. The lowest BCUT2D eigenvalue weighted by molar-refractivity contribution is 0.0914. The molecule has 0 aliphatic carbocycles. The molecule has 2 N–H and O–H groups in total. The molecular formula is C20H20N2O4. The molecule has 0 atom stereocenters. The summed E-state index contributed by atoms with van der Waals surface area (Å²) in [6, 6.07) is 14.4. The molecular weight excluding hydrogens is 332 g/mol. The molecule has 0 aliphatic rings. The van der Waals surface area contributed by atoms with Crippen LogP contribution in [0.3, 0.4) is 0 Å². The van der Waals surface area contributed by atoms with E-state index in [4.69, 9.17) is 8.83 Å². The highest BCUT2D eigenvalue weighted by Gasteiger charge is 2.10. The van der Waals surface area contributed by atoms with E-state index in [0.717, 1.165) is 11.1 Å². The van der Waals surface area contributed by atoms with Crippen LogP contribution in [0.1, 0.15) is 43.8 Å². The van der Waals surface area contributed by atoms with Crippen LogP contribution in [0.25, 0.3) is 0 Å². The first-order valence-corrected chi connectivity index (χ1v) is 8.28. The zero-order chi connectivity index (χ0) is 18.5. The van der Waals surface area contributed by atoms with Gasteiger partial charge in [0.15, 0.2) is 11.5 Å². The number of carbonyl (C=O) groups excluding carboxylic acids is 2. The van der Waals surface area contributed by atoms with Gasteiger partial charge in [0, 0.05) is 13.1 Å². The summed E-state index contributed by atoms with van der Waals surface area (Å²) < 4.78 is 10.6. The molecule has 0 spiro atoms. The van der Waals surface area contributed by atoms with Gasteiger partial charge < -0.3 is 19.5 Å². The molecule has 0 bridgehead atoms. The summed E-state index contributed by atoms with van der Waals surface area (Å²) in [5.41, 5.74) is 1.91. The van der Waals surface area contributed by atoms with Gasteiger partial charge in [0.1, 0.15) is 11.5 Å². The number of benzene rings is 1. The quantitative estimate of drug-likeness (QED) is 0.712. The Bertz CT molecular complexity index is 831. The second kappa shape index (κ2) is 7.74. The molecule has 134 valence electrons. The van der Waals surface area contributed by atoms with E-state index in [2.05, 4.69) is 10.6 Å². The van der Waals surface area contributed by atoms with Gasteiger partial charge in [-0.3, -0.25) is 9.59 Å². The predicted octanol–water partition coefficient (Wildman–Crippen LogP) is 3.35. The van der Waals surface area contributed by atoms with Crippen molar-refractivity contribution < 1.29 is 18.4 Å². The molecule has 0 radical (unpaired) electrons. The Balaban J connectivity index is 1.48. The first kappa shape index (κ1) is 17.5. The van der Waals surface area contributed by atoms with Crippen molar-refractivity contribution in [3.63, 3.8) is 0 Å². The van der Waals surface area contributed by atoms with E-state index < -0.39 is 0 Å². The third-order valence-electron chi connectivity index (χ3n) is 3.86. The lowest BCUT2D eigenvalue weighted by Gasteiger charge is -2.06. The second-order valence-corrected chi connectivity index (χ2v) is 6.00. The maximum absolute atomic E-state index is 12.0. The van der Waals surface area contributed by atoms with Crippen LogP contribution in [0.15, 0.2) is 57.4 Å². The number of nitrogens with one attached hydrogen (secondary N) is 2. The lowest BCUT2D eigenvalue weighted by Crippen LogP contribution is -2.23. The van der Waals surface area contributed by atoms with Crippen LogP contribution in [-0.2, 0) is 13.1 Å². The summed E-state index contributed by atoms with van der Waals surface area (Å²) >= 11 is 0. The highest BCUT2D eigenvalue weighted by Crippen LogP contribution is 2.09. The van der Waals surface area contributed by atoms with Gasteiger partial charge >= 0.3 is 0 Å². The molecule has 26 heavy (non-hydrogen) atoms. The van der Waals surface area contributed by atoms with E-state index in [1.165, 1.54) is 0 Å². The first-order chi connectivity index (χ1) is 12.5. The highest BCUT2D eigenvalue weighted by molar-refractivity contribution is 5.91. The van der Waals surface area contributed by atoms with Crippen molar-refractivity contribution in [3.05, 3.63) is 82.7 Å². The number of amides is 2. The number of hydrogen-bond donors (Lipinski definition) is 2. The molecule has 0 saturated heterocycles. The summed E-state index contributed by atoms with van der Waals surface area (Å²) in [5, 5.41) is 5.61. The van der Waals surface area contributed by atoms with Crippen molar-refractivity contribution in [3.8, 4) is 0 Å². The number of aryl methyl sites for hydroxylation is 2. The monoisotopic (exact) mass is 352 g/mol. The fourth-order valence-corrected chi connectivity index (χ4v) is 2.43. The molecule has 6 nitrogen and oxygen atoms in total. The Morgan fingerprint density at radius 1 is 0.692 bits per heavy atom. The summed E-state index contributed by atoms with van der Waals surface area (Å²) in [6.07, 6.45) is 0. The van der Waals surface area contributed by atoms with E-state index in [9.17, 15) is 9.59 Å². The molecule has 0 aliphatic heterocycles. The third-order valence-corrected chi connectivity index (χ3v) is 3.86. The molecule has 0 unspecified atom stereocenters. The number of hydrogen-bond acceptors (Lipinski definition) is 4. The van der Waals surface area contributed by atoms with Crippen molar-refractivity contribution in [2.24, 2.45) is 0 Å². The van der Waals surface area contributed by atoms with Crippen molar-refractivity contribution in [1.82, 2.24) is 10.6 Å². The van der Waals surface area contributed by atoms with Crippen LogP contribution in [0.4, 0.5) is 0 Å². The molecule has 0 saturated carbocycles. The molecule has 2 heterocycles. The minimum Gasteiger partial charge on any atom is -0.456 e. The van der Waals surface area contributed by atoms with E-state index >= 15 is 0 Å². The number of rotatable bonds is 6. The van der Waals surface area contributed by atoms with Gasteiger partial charge in [-0.1, -0.05) is 24.3 Å². The van der Waals surface area contributed by atoms with Crippen LogP contribution in [0.5, 0.6) is 0 Å². The molecule has 3 aromatic rings. The van der Waals surface area contributed by atoms with E-state index in [0.29, 0.717) is 36.1 Å². The van der Waals surface area contributed by atoms with Gasteiger partial charge in [0.05, 0.1) is 0 Å². The summed E-state index contributed by atoms with van der Waals surface area (Å²) in [5.74, 6) is 1.51. The van der Waals surface area contributed by atoms with Crippen LogP contribution < -0.4 is 10.6 Å². The fraction of sp³-hybridized carbons (Fsp3) is 0.200. The normalized spacial score (nSPS) is 10.5. The van der Waals surface area contributed by atoms with Crippen molar-refractivity contribution in [2.75, 3.05) is 0 Å².